The molecule has 0 spiro atoms. The van der Waals surface area contributed by atoms with Crippen molar-refractivity contribution in [2.45, 2.75) is 6.54 Å². The number of hydrogen-bond donors (Lipinski definition) is 1. The van der Waals surface area contributed by atoms with Crippen LogP contribution in [0.25, 0.3) is 11.0 Å². The Labute approximate surface area is 137 Å². The highest BCUT2D eigenvalue weighted by Crippen LogP contribution is 2.17. The minimum Gasteiger partial charge on any atom is -0.355 e. The molecule has 2 aromatic carbocycles. The van der Waals surface area contributed by atoms with Gasteiger partial charge in [-0.2, -0.15) is 0 Å². The van der Waals surface area contributed by atoms with Gasteiger partial charge in [-0.3, -0.25) is 9.59 Å². The van der Waals surface area contributed by atoms with E-state index in [9.17, 15) is 9.59 Å². The number of halogens is 1. The first-order valence-corrected chi connectivity index (χ1v) is 7.42. The van der Waals surface area contributed by atoms with Crippen molar-refractivity contribution in [2.24, 2.45) is 0 Å². The molecule has 3 aromatic rings. The second-order valence-corrected chi connectivity index (χ2v) is 5.53. The van der Waals surface area contributed by atoms with Crippen LogP contribution in [0.5, 0.6) is 0 Å². The first-order chi connectivity index (χ1) is 11.1. The molecule has 0 saturated carbocycles. The van der Waals surface area contributed by atoms with Gasteiger partial charge in [-0.05, 0) is 35.9 Å². The van der Waals surface area contributed by atoms with Gasteiger partial charge in [0.15, 0.2) is 0 Å². The van der Waals surface area contributed by atoms with Gasteiger partial charge in [0, 0.05) is 17.6 Å². The molecule has 1 N–H and O–H groups in total. The van der Waals surface area contributed by atoms with Crippen molar-refractivity contribution in [1.29, 1.82) is 0 Å². The predicted molar refractivity (Wildman–Crippen MR) is 89.9 cm³/mol. The van der Waals surface area contributed by atoms with Gasteiger partial charge in [-0.25, -0.2) is 4.98 Å². The van der Waals surface area contributed by atoms with Crippen molar-refractivity contribution in [2.75, 3.05) is 7.05 Å². The molecule has 1 amide bonds. The number of amides is 1. The second kappa shape index (κ2) is 6.22. The molecule has 0 unspecified atom stereocenters. The van der Waals surface area contributed by atoms with E-state index in [4.69, 9.17) is 11.6 Å². The average molecular weight is 328 g/mol. The van der Waals surface area contributed by atoms with Crippen LogP contribution in [0.15, 0.2) is 53.5 Å². The lowest BCUT2D eigenvalue weighted by molar-refractivity contribution is 0.0963. The third-order valence-corrected chi connectivity index (χ3v) is 3.80. The summed E-state index contributed by atoms with van der Waals surface area (Å²) < 4.78 is 1.59. The van der Waals surface area contributed by atoms with E-state index in [0.717, 1.165) is 5.56 Å². The Bertz CT molecular complexity index is 950. The summed E-state index contributed by atoms with van der Waals surface area (Å²) in [6.07, 6.45) is 1.29. The van der Waals surface area contributed by atoms with E-state index in [1.165, 1.54) is 6.20 Å². The van der Waals surface area contributed by atoms with Crippen LogP contribution < -0.4 is 10.9 Å². The van der Waals surface area contributed by atoms with Gasteiger partial charge in [0.25, 0.3) is 11.5 Å². The van der Waals surface area contributed by atoms with Crippen LogP contribution in [0.2, 0.25) is 5.02 Å². The third kappa shape index (κ3) is 3.10. The zero-order valence-corrected chi connectivity index (χ0v) is 13.2. The Morgan fingerprint density at radius 2 is 2.09 bits per heavy atom. The Hall–Kier alpha value is -2.66. The molecule has 1 aromatic heterocycles. The Kier molecular flexibility index (Phi) is 4.12. The maximum Gasteiger partial charge on any atom is 0.269 e. The zero-order valence-electron chi connectivity index (χ0n) is 12.4. The molecular formula is C17H14ClN3O2. The molecule has 6 heteroatoms. The van der Waals surface area contributed by atoms with E-state index in [0.29, 0.717) is 28.2 Å². The highest BCUT2D eigenvalue weighted by Gasteiger charge is 2.08. The lowest BCUT2D eigenvalue weighted by Gasteiger charge is -2.11. The van der Waals surface area contributed by atoms with Crippen LogP contribution in [0.4, 0.5) is 0 Å². The van der Waals surface area contributed by atoms with E-state index in [-0.39, 0.29) is 11.5 Å². The molecule has 1 heterocycles. The number of carbonyl (C=O) groups excluding carboxylic acids is 1. The van der Waals surface area contributed by atoms with E-state index in [2.05, 4.69) is 10.3 Å². The van der Waals surface area contributed by atoms with Crippen LogP contribution in [0.3, 0.4) is 0 Å². The molecule has 0 fully saturated rings. The number of benzene rings is 2. The number of aromatic nitrogens is 2. The van der Waals surface area contributed by atoms with Crippen molar-refractivity contribution in [3.05, 3.63) is 75.2 Å². The van der Waals surface area contributed by atoms with Gasteiger partial charge in [-0.1, -0.05) is 23.7 Å². The molecule has 0 aliphatic rings. The standard InChI is InChI=1S/C17H14ClN3O2/c1-19-17(23)12-4-2-3-11(7-12)10-21-15-8-13(18)5-6-14(15)20-9-16(21)22/h2-9H,10H2,1H3,(H,19,23). The fourth-order valence-electron chi connectivity index (χ4n) is 2.44. The first kappa shape index (κ1) is 15.2. The summed E-state index contributed by atoms with van der Waals surface area (Å²) >= 11 is 6.04. The summed E-state index contributed by atoms with van der Waals surface area (Å²) in [6.45, 7) is 0.336. The van der Waals surface area contributed by atoms with Crippen LogP contribution >= 0.6 is 11.6 Å². The second-order valence-electron chi connectivity index (χ2n) is 5.10. The number of nitrogens with zero attached hydrogens (tertiary/aromatic N) is 2. The van der Waals surface area contributed by atoms with E-state index in [1.807, 2.05) is 6.07 Å². The third-order valence-electron chi connectivity index (χ3n) is 3.57. The van der Waals surface area contributed by atoms with E-state index >= 15 is 0 Å². The van der Waals surface area contributed by atoms with Gasteiger partial charge >= 0.3 is 0 Å². The lowest BCUT2D eigenvalue weighted by Crippen LogP contribution is -2.22. The molecule has 0 saturated heterocycles. The minimum absolute atomic E-state index is 0.165. The SMILES string of the molecule is CNC(=O)c1cccc(Cn2c(=O)cnc3ccc(Cl)cc32)c1. The smallest absolute Gasteiger partial charge is 0.269 e. The van der Waals surface area contributed by atoms with E-state index < -0.39 is 0 Å². The summed E-state index contributed by atoms with van der Waals surface area (Å²) in [5, 5.41) is 3.13. The number of fused-ring (bicyclic) bond motifs is 1. The minimum atomic E-state index is -0.217. The van der Waals surface area contributed by atoms with Crippen LogP contribution in [0.1, 0.15) is 15.9 Å². The molecule has 0 aliphatic carbocycles. The van der Waals surface area contributed by atoms with Crippen LogP contribution in [0, 0.1) is 0 Å². The normalized spacial score (nSPS) is 10.7. The van der Waals surface area contributed by atoms with Crippen molar-refractivity contribution in [3.63, 3.8) is 0 Å². The number of carbonyl (C=O) groups is 1. The number of nitrogens with one attached hydrogen (secondary N) is 1. The van der Waals surface area contributed by atoms with Crippen molar-refractivity contribution >= 4 is 28.5 Å². The van der Waals surface area contributed by atoms with E-state index in [1.54, 1.807) is 48.0 Å². The van der Waals surface area contributed by atoms with Gasteiger partial charge < -0.3 is 9.88 Å². The van der Waals surface area contributed by atoms with Crippen molar-refractivity contribution in [1.82, 2.24) is 14.9 Å². The molecule has 3 rings (SSSR count). The van der Waals surface area contributed by atoms with Crippen molar-refractivity contribution in [3.8, 4) is 0 Å². The van der Waals surface area contributed by atoms with Crippen LogP contribution in [-0.4, -0.2) is 22.5 Å². The quantitative estimate of drug-likeness (QED) is 0.803. The predicted octanol–water partition coefficient (Wildman–Crippen LogP) is 2.46. The largest absolute Gasteiger partial charge is 0.355 e. The maximum absolute atomic E-state index is 12.2. The van der Waals surface area contributed by atoms with Gasteiger partial charge in [0.05, 0.1) is 23.8 Å². The van der Waals surface area contributed by atoms with Gasteiger partial charge in [-0.15, -0.1) is 0 Å². The highest BCUT2D eigenvalue weighted by atomic mass is 35.5. The molecule has 0 atom stereocenters. The van der Waals surface area contributed by atoms with Gasteiger partial charge in [0.2, 0.25) is 0 Å². The highest BCUT2D eigenvalue weighted by molar-refractivity contribution is 6.31. The average Bonchev–Trinajstić information content (AvgIpc) is 2.57. The summed E-state index contributed by atoms with van der Waals surface area (Å²) in [4.78, 5) is 28.1. The van der Waals surface area contributed by atoms with Crippen molar-refractivity contribution < 1.29 is 4.79 Å². The molecule has 116 valence electrons. The zero-order chi connectivity index (χ0) is 16.4. The monoisotopic (exact) mass is 327 g/mol. The fraction of sp³-hybridized carbons (Fsp3) is 0.118. The molecule has 0 bridgehead atoms. The topological polar surface area (TPSA) is 64.0 Å². The first-order valence-electron chi connectivity index (χ1n) is 7.04. The van der Waals surface area contributed by atoms with Gasteiger partial charge in [0.1, 0.15) is 0 Å². The summed E-state index contributed by atoms with van der Waals surface area (Å²) in [7, 11) is 1.58. The molecular weight excluding hydrogens is 314 g/mol. The Morgan fingerprint density at radius 3 is 2.87 bits per heavy atom. The maximum atomic E-state index is 12.2. The summed E-state index contributed by atoms with van der Waals surface area (Å²) in [5.41, 5.74) is 2.53. The molecule has 5 nitrogen and oxygen atoms in total. The Balaban J connectivity index is 2.08. The molecule has 23 heavy (non-hydrogen) atoms. The summed E-state index contributed by atoms with van der Waals surface area (Å²) in [5.74, 6) is -0.165. The number of hydrogen-bond acceptors (Lipinski definition) is 3. The lowest BCUT2D eigenvalue weighted by atomic mass is 10.1. The fourth-order valence-corrected chi connectivity index (χ4v) is 2.60. The molecule has 0 aliphatic heterocycles. The molecule has 0 radical (unpaired) electrons. The summed E-state index contributed by atoms with van der Waals surface area (Å²) in [6, 6.07) is 12.4. The Morgan fingerprint density at radius 1 is 1.26 bits per heavy atom. The number of rotatable bonds is 3. The van der Waals surface area contributed by atoms with Crippen LogP contribution in [-0.2, 0) is 6.54 Å².